The van der Waals surface area contributed by atoms with Crippen LogP contribution in [-0.2, 0) is 13.1 Å². The second-order valence-electron chi connectivity index (χ2n) is 9.15. The number of hydrogen-bond donors (Lipinski definition) is 1. The summed E-state index contributed by atoms with van der Waals surface area (Å²) in [6.07, 6.45) is 5.76. The van der Waals surface area contributed by atoms with Crippen molar-refractivity contribution in [3.8, 4) is 5.69 Å². The summed E-state index contributed by atoms with van der Waals surface area (Å²) in [4.78, 5) is 21.0. The van der Waals surface area contributed by atoms with Crippen LogP contribution < -0.4 is 5.32 Å². The minimum atomic E-state index is -0.0886. The van der Waals surface area contributed by atoms with Crippen LogP contribution in [0.25, 0.3) is 5.69 Å². The first-order valence-corrected chi connectivity index (χ1v) is 11.8. The van der Waals surface area contributed by atoms with Gasteiger partial charge in [-0.3, -0.25) is 4.90 Å². The first kappa shape index (κ1) is 23.0. The molecule has 33 heavy (non-hydrogen) atoms. The van der Waals surface area contributed by atoms with Gasteiger partial charge >= 0.3 is 6.03 Å². The second kappa shape index (κ2) is 10.6. The summed E-state index contributed by atoms with van der Waals surface area (Å²) in [6.45, 7) is 8.27. The average molecular weight is 447 g/mol. The first-order valence-electron chi connectivity index (χ1n) is 11.8. The third kappa shape index (κ3) is 5.99. The van der Waals surface area contributed by atoms with Crippen LogP contribution in [0.4, 0.5) is 4.79 Å². The molecule has 1 atom stereocenters. The Bertz CT molecular complexity index is 1010. The van der Waals surface area contributed by atoms with Crippen LogP contribution in [0.2, 0.25) is 0 Å². The number of carbonyl (C=O) groups is 1. The zero-order chi connectivity index (χ0) is 23.2. The molecule has 0 spiro atoms. The summed E-state index contributed by atoms with van der Waals surface area (Å²) in [5.41, 5.74) is 4.44. The number of hydrogen-bond acceptors (Lipinski definition) is 4. The second-order valence-corrected chi connectivity index (χ2v) is 9.15. The molecule has 0 aliphatic carbocycles. The van der Waals surface area contributed by atoms with Crippen LogP contribution >= 0.6 is 0 Å². The number of nitrogens with zero attached hydrogens (tertiary/aromatic N) is 5. The third-order valence-electron chi connectivity index (χ3n) is 6.71. The topological polar surface area (TPSA) is 66.3 Å². The van der Waals surface area contributed by atoms with Crippen molar-refractivity contribution >= 4 is 6.03 Å². The van der Waals surface area contributed by atoms with Gasteiger partial charge < -0.3 is 10.2 Å². The largest absolute Gasteiger partial charge is 0.334 e. The van der Waals surface area contributed by atoms with E-state index in [0.717, 1.165) is 29.3 Å². The summed E-state index contributed by atoms with van der Waals surface area (Å²) in [6, 6.07) is 16.5. The van der Waals surface area contributed by atoms with E-state index in [4.69, 9.17) is 0 Å². The number of piperidine rings is 1. The van der Waals surface area contributed by atoms with Gasteiger partial charge in [-0.15, -0.1) is 0 Å². The highest BCUT2D eigenvalue weighted by Crippen LogP contribution is 2.21. The Morgan fingerprint density at radius 1 is 1.09 bits per heavy atom. The van der Waals surface area contributed by atoms with Crippen LogP contribution in [0.3, 0.4) is 0 Å². The molecular formula is C26H34N6O. The van der Waals surface area contributed by atoms with E-state index in [-0.39, 0.29) is 12.1 Å². The van der Waals surface area contributed by atoms with Crippen molar-refractivity contribution in [1.82, 2.24) is 29.9 Å². The first-order chi connectivity index (χ1) is 16.0. The summed E-state index contributed by atoms with van der Waals surface area (Å²) < 4.78 is 1.71. The van der Waals surface area contributed by atoms with E-state index in [1.807, 2.05) is 38.2 Å². The molecule has 7 nitrogen and oxygen atoms in total. The Labute approximate surface area is 196 Å². The highest BCUT2D eigenvalue weighted by molar-refractivity contribution is 5.74. The number of urea groups is 1. The lowest BCUT2D eigenvalue weighted by Crippen LogP contribution is -2.38. The molecule has 0 radical (unpaired) electrons. The van der Waals surface area contributed by atoms with Crippen molar-refractivity contribution in [3.63, 3.8) is 0 Å². The fourth-order valence-electron chi connectivity index (χ4n) is 4.19. The maximum Gasteiger partial charge on any atom is 0.317 e. The molecule has 1 fully saturated rings. The Morgan fingerprint density at radius 2 is 1.76 bits per heavy atom. The van der Waals surface area contributed by atoms with Gasteiger partial charge in [0.15, 0.2) is 0 Å². The lowest BCUT2D eigenvalue weighted by atomic mass is 9.99. The van der Waals surface area contributed by atoms with Crippen molar-refractivity contribution in [3.05, 3.63) is 77.9 Å². The highest BCUT2D eigenvalue weighted by Gasteiger charge is 2.18. The van der Waals surface area contributed by atoms with E-state index in [0.29, 0.717) is 6.54 Å². The van der Waals surface area contributed by atoms with Gasteiger partial charge in [-0.1, -0.05) is 43.3 Å². The molecule has 0 saturated carbocycles. The number of rotatable bonds is 7. The Kier molecular flexibility index (Phi) is 7.40. The van der Waals surface area contributed by atoms with Gasteiger partial charge in [0, 0.05) is 20.1 Å². The van der Waals surface area contributed by atoms with Crippen molar-refractivity contribution in [1.29, 1.82) is 0 Å². The predicted octanol–water partition coefficient (Wildman–Crippen LogP) is 4.40. The maximum atomic E-state index is 12.7. The number of amides is 2. The quantitative estimate of drug-likeness (QED) is 0.584. The summed E-state index contributed by atoms with van der Waals surface area (Å²) in [7, 11) is 1.83. The molecule has 4 rings (SSSR count). The van der Waals surface area contributed by atoms with Crippen LogP contribution in [-0.4, -0.2) is 50.7 Å². The number of carbonyl (C=O) groups excluding carboxylic acids is 1. The molecule has 7 heteroatoms. The SMILES string of the molecule is CC1CCN(Cc2ccc(CNC(=O)N(C)[C@@H](C)c3ccc(-n4cncn4)cc3)cc2)CC1. The normalized spacial score (nSPS) is 15.8. The van der Waals surface area contributed by atoms with Gasteiger partial charge in [-0.05, 0) is 67.6 Å². The van der Waals surface area contributed by atoms with E-state index in [9.17, 15) is 4.79 Å². The molecule has 2 aromatic carbocycles. The van der Waals surface area contributed by atoms with Gasteiger partial charge in [0.25, 0.3) is 0 Å². The molecule has 1 N–H and O–H groups in total. The van der Waals surface area contributed by atoms with E-state index >= 15 is 0 Å². The summed E-state index contributed by atoms with van der Waals surface area (Å²) in [5.74, 6) is 0.854. The van der Waals surface area contributed by atoms with Crippen LogP contribution in [0.15, 0.2) is 61.2 Å². The van der Waals surface area contributed by atoms with Crippen molar-refractivity contribution < 1.29 is 4.79 Å². The molecule has 2 amide bonds. The molecule has 3 aromatic rings. The number of nitrogens with one attached hydrogen (secondary N) is 1. The molecule has 1 aliphatic heterocycles. The van der Waals surface area contributed by atoms with Crippen molar-refractivity contribution in [2.45, 2.75) is 45.8 Å². The summed E-state index contributed by atoms with van der Waals surface area (Å²) >= 11 is 0. The third-order valence-corrected chi connectivity index (χ3v) is 6.71. The van der Waals surface area contributed by atoms with Crippen molar-refractivity contribution in [2.24, 2.45) is 5.92 Å². The molecular weight excluding hydrogens is 412 g/mol. The Balaban J connectivity index is 1.26. The van der Waals surface area contributed by atoms with Crippen molar-refractivity contribution in [2.75, 3.05) is 20.1 Å². The lowest BCUT2D eigenvalue weighted by Gasteiger charge is -2.30. The van der Waals surface area contributed by atoms with E-state index in [1.165, 1.54) is 37.8 Å². The number of aromatic nitrogens is 3. The van der Waals surface area contributed by atoms with Gasteiger partial charge in [0.1, 0.15) is 12.7 Å². The van der Waals surface area contributed by atoms with Gasteiger partial charge in [0.05, 0.1) is 11.7 Å². The summed E-state index contributed by atoms with van der Waals surface area (Å²) in [5, 5.41) is 7.19. The van der Waals surface area contributed by atoms with Crippen LogP contribution in [0.1, 0.15) is 49.4 Å². The molecule has 0 bridgehead atoms. The van der Waals surface area contributed by atoms with E-state index in [1.54, 1.807) is 15.9 Å². The Hall–Kier alpha value is -3.19. The monoisotopic (exact) mass is 446 g/mol. The molecule has 1 aliphatic rings. The molecule has 0 unspecified atom stereocenters. The molecule has 1 aromatic heterocycles. The standard InChI is InChI=1S/C26H34N6O/c1-20-12-14-31(15-13-20)17-23-6-4-22(5-7-23)16-28-26(33)30(3)21(2)24-8-10-25(11-9-24)32-19-27-18-29-32/h4-11,18-21H,12-17H2,1-3H3,(H,28,33)/t21-/m0/s1. The lowest BCUT2D eigenvalue weighted by molar-refractivity contribution is 0.185. The minimum Gasteiger partial charge on any atom is -0.334 e. The van der Waals surface area contributed by atoms with Crippen LogP contribution in [0, 0.1) is 5.92 Å². The molecule has 2 heterocycles. The predicted molar refractivity (Wildman–Crippen MR) is 130 cm³/mol. The fraction of sp³-hybridized carbons (Fsp3) is 0.423. The Morgan fingerprint density at radius 3 is 2.39 bits per heavy atom. The molecule has 174 valence electrons. The minimum absolute atomic E-state index is 0.0515. The smallest absolute Gasteiger partial charge is 0.317 e. The fourth-order valence-corrected chi connectivity index (χ4v) is 4.19. The maximum absolute atomic E-state index is 12.7. The zero-order valence-electron chi connectivity index (χ0n) is 19.8. The van der Waals surface area contributed by atoms with E-state index in [2.05, 4.69) is 51.5 Å². The number of likely N-dealkylation sites (tertiary alicyclic amines) is 1. The molecule has 1 saturated heterocycles. The van der Waals surface area contributed by atoms with E-state index < -0.39 is 0 Å². The highest BCUT2D eigenvalue weighted by atomic mass is 16.2. The van der Waals surface area contributed by atoms with Gasteiger partial charge in [-0.2, -0.15) is 5.10 Å². The van der Waals surface area contributed by atoms with Gasteiger partial charge in [0.2, 0.25) is 0 Å². The van der Waals surface area contributed by atoms with Crippen LogP contribution in [0.5, 0.6) is 0 Å². The average Bonchev–Trinajstić information content (AvgIpc) is 3.39. The zero-order valence-corrected chi connectivity index (χ0v) is 19.8. The number of benzene rings is 2. The van der Waals surface area contributed by atoms with Gasteiger partial charge in [-0.25, -0.2) is 14.5 Å².